The molecule has 4 N–H and O–H groups in total. The number of anilines is 1. The van der Waals surface area contributed by atoms with Crippen LogP contribution in [0.2, 0.25) is 0 Å². The van der Waals surface area contributed by atoms with Gasteiger partial charge < -0.3 is 9.84 Å². The number of ether oxygens (including phenoxy) is 1. The topological polar surface area (TPSA) is 119 Å². The van der Waals surface area contributed by atoms with Crippen LogP contribution in [0, 0.1) is 0 Å². The number of rotatable bonds is 4. The molecule has 0 aromatic heterocycles. The number of carbonyl (C=O) groups excluding carboxylic acids is 1. The highest BCUT2D eigenvalue weighted by molar-refractivity contribution is 7.89. The Hall–Kier alpha value is -1.64. The average molecular weight is 260 g/mol. The molecule has 94 valence electrons. The van der Waals surface area contributed by atoms with E-state index in [0.717, 1.165) is 0 Å². The molecule has 0 aliphatic carbocycles. The molecule has 0 spiro atoms. The smallest absolute Gasteiger partial charge is 0.411 e. The van der Waals surface area contributed by atoms with Gasteiger partial charge in [-0.2, -0.15) is 0 Å². The molecule has 0 unspecified atom stereocenters. The SMILES string of the molecule is NS(=O)(=O)c1cccc(NC(=O)OCCO)c1. The number of nitrogens with one attached hydrogen (secondary N) is 1. The zero-order chi connectivity index (χ0) is 12.9. The van der Waals surface area contributed by atoms with Gasteiger partial charge in [0.25, 0.3) is 0 Å². The van der Waals surface area contributed by atoms with Gasteiger partial charge in [0.1, 0.15) is 6.61 Å². The Morgan fingerprint density at radius 3 is 2.76 bits per heavy atom. The lowest BCUT2D eigenvalue weighted by Crippen LogP contribution is -2.17. The predicted octanol–water partition coefficient (Wildman–Crippen LogP) is -0.125. The molecule has 0 radical (unpaired) electrons. The summed E-state index contributed by atoms with van der Waals surface area (Å²) >= 11 is 0. The number of amides is 1. The van der Waals surface area contributed by atoms with Gasteiger partial charge in [0.05, 0.1) is 11.5 Å². The van der Waals surface area contributed by atoms with Crippen LogP contribution in [-0.4, -0.2) is 32.8 Å². The van der Waals surface area contributed by atoms with Crippen molar-refractivity contribution < 1.29 is 23.1 Å². The number of primary sulfonamides is 1. The highest BCUT2D eigenvalue weighted by atomic mass is 32.2. The lowest BCUT2D eigenvalue weighted by Gasteiger charge is -2.06. The molecule has 7 nitrogen and oxygen atoms in total. The lowest BCUT2D eigenvalue weighted by atomic mass is 10.3. The van der Waals surface area contributed by atoms with Crippen LogP contribution in [0.25, 0.3) is 0 Å². The van der Waals surface area contributed by atoms with E-state index in [1.807, 2.05) is 0 Å². The first-order valence-electron chi connectivity index (χ1n) is 4.61. The Bertz CT molecular complexity index is 500. The average Bonchev–Trinajstić information content (AvgIpc) is 2.25. The maximum absolute atomic E-state index is 11.1. The first kappa shape index (κ1) is 13.4. The predicted molar refractivity (Wildman–Crippen MR) is 59.9 cm³/mol. The van der Waals surface area contributed by atoms with Crippen molar-refractivity contribution in [1.29, 1.82) is 0 Å². The second-order valence-corrected chi connectivity index (χ2v) is 4.62. The number of sulfonamides is 1. The van der Waals surface area contributed by atoms with Crippen LogP contribution in [0.3, 0.4) is 0 Å². The van der Waals surface area contributed by atoms with E-state index in [-0.39, 0.29) is 23.8 Å². The monoisotopic (exact) mass is 260 g/mol. The number of aliphatic hydroxyl groups excluding tert-OH is 1. The van der Waals surface area contributed by atoms with Gasteiger partial charge in [-0.1, -0.05) is 6.07 Å². The van der Waals surface area contributed by atoms with E-state index in [0.29, 0.717) is 0 Å². The summed E-state index contributed by atoms with van der Waals surface area (Å²) in [5.41, 5.74) is 0.236. The minimum Gasteiger partial charge on any atom is -0.447 e. The summed E-state index contributed by atoms with van der Waals surface area (Å²) in [7, 11) is -3.81. The third kappa shape index (κ3) is 4.39. The molecular formula is C9H12N2O5S. The van der Waals surface area contributed by atoms with Crippen molar-refractivity contribution in [2.45, 2.75) is 4.90 Å². The Morgan fingerprint density at radius 1 is 1.47 bits per heavy atom. The molecule has 17 heavy (non-hydrogen) atoms. The molecule has 0 aliphatic rings. The second-order valence-electron chi connectivity index (χ2n) is 3.06. The fourth-order valence-corrected chi connectivity index (χ4v) is 1.60. The highest BCUT2D eigenvalue weighted by Crippen LogP contribution is 2.14. The van der Waals surface area contributed by atoms with Crippen molar-refractivity contribution >= 4 is 21.8 Å². The van der Waals surface area contributed by atoms with E-state index in [9.17, 15) is 13.2 Å². The zero-order valence-electron chi connectivity index (χ0n) is 8.79. The van der Waals surface area contributed by atoms with E-state index in [1.54, 1.807) is 0 Å². The Balaban J connectivity index is 2.76. The number of aliphatic hydroxyl groups is 1. The summed E-state index contributed by atoms with van der Waals surface area (Å²) in [4.78, 5) is 11.0. The first-order chi connectivity index (χ1) is 7.93. The summed E-state index contributed by atoms with van der Waals surface area (Å²) < 4.78 is 26.6. The van der Waals surface area contributed by atoms with Crippen LogP contribution >= 0.6 is 0 Å². The first-order valence-corrected chi connectivity index (χ1v) is 6.15. The summed E-state index contributed by atoms with van der Waals surface area (Å²) in [6.45, 7) is -0.425. The molecule has 8 heteroatoms. The molecule has 0 bridgehead atoms. The number of carbonyl (C=O) groups is 1. The van der Waals surface area contributed by atoms with Crippen molar-refractivity contribution in [1.82, 2.24) is 0 Å². The summed E-state index contributed by atoms with van der Waals surface area (Å²) in [5.74, 6) is 0. The molecule has 1 aromatic carbocycles. The van der Waals surface area contributed by atoms with Crippen LogP contribution in [0.5, 0.6) is 0 Å². The van der Waals surface area contributed by atoms with Crippen LogP contribution < -0.4 is 10.5 Å². The van der Waals surface area contributed by atoms with Gasteiger partial charge in [-0.3, -0.25) is 5.32 Å². The number of hydrogen-bond acceptors (Lipinski definition) is 5. The molecular weight excluding hydrogens is 248 g/mol. The highest BCUT2D eigenvalue weighted by Gasteiger charge is 2.09. The van der Waals surface area contributed by atoms with Crippen LogP contribution in [0.1, 0.15) is 0 Å². The van der Waals surface area contributed by atoms with Gasteiger partial charge in [0, 0.05) is 5.69 Å². The second kappa shape index (κ2) is 5.62. The largest absolute Gasteiger partial charge is 0.447 e. The van der Waals surface area contributed by atoms with Crippen molar-refractivity contribution in [3.8, 4) is 0 Å². The third-order valence-corrected chi connectivity index (χ3v) is 2.64. The summed E-state index contributed by atoms with van der Waals surface area (Å²) in [5, 5.41) is 15.7. The molecule has 1 amide bonds. The number of hydrogen-bond donors (Lipinski definition) is 3. The molecule has 0 atom stereocenters. The normalized spacial score (nSPS) is 10.9. The lowest BCUT2D eigenvalue weighted by molar-refractivity contribution is 0.131. The molecule has 0 aliphatic heterocycles. The number of nitrogens with two attached hydrogens (primary N) is 1. The maximum Gasteiger partial charge on any atom is 0.411 e. The van der Waals surface area contributed by atoms with Crippen LogP contribution in [0.4, 0.5) is 10.5 Å². The third-order valence-electron chi connectivity index (χ3n) is 1.73. The summed E-state index contributed by atoms with van der Waals surface area (Å²) in [6.07, 6.45) is -0.786. The molecule has 0 saturated heterocycles. The van der Waals surface area contributed by atoms with Gasteiger partial charge in [0.15, 0.2) is 0 Å². The summed E-state index contributed by atoms with van der Waals surface area (Å²) in [6, 6.07) is 5.42. The van der Waals surface area contributed by atoms with Crippen molar-refractivity contribution in [2.24, 2.45) is 5.14 Å². The molecule has 0 saturated carbocycles. The van der Waals surface area contributed by atoms with E-state index in [2.05, 4.69) is 10.1 Å². The van der Waals surface area contributed by atoms with Gasteiger partial charge in [0.2, 0.25) is 10.0 Å². The van der Waals surface area contributed by atoms with Gasteiger partial charge >= 0.3 is 6.09 Å². The fraction of sp³-hybridized carbons (Fsp3) is 0.222. The van der Waals surface area contributed by atoms with Crippen molar-refractivity contribution in [3.05, 3.63) is 24.3 Å². The molecule has 0 fully saturated rings. The van der Waals surface area contributed by atoms with Crippen LogP contribution in [0.15, 0.2) is 29.2 Å². The van der Waals surface area contributed by atoms with E-state index in [1.165, 1.54) is 24.3 Å². The Kier molecular flexibility index (Phi) is 4.44. The van der Waals surface area contributed by atoms with E-state index < -0.39 is 16.1 Å². The Labute approximate surface area is 98.2 Å². The van der Waals surface area contributed by atoms with Gasteiger partial charge in [-0.05, 0) is 18.2 Å². The van der Waals surface area contributed by atoms with Crippen LogP contribution in [-0.2, 0) is 14.8 Å². The quantitative estimate of drug-likeness (QED) is 0.697. The van der Waals surface area contributed by atoms with E-state index >= 15 is 0 Å². The standard InChI is InChI=1S/C9H12N2O5S/c10-17(14,15)8-3-1-2-7(6-8)11-9(13)16-5-4-12/h1-3,6,12H,4-5H2,(H,11,13)(H2,10,14,15). The van der Waals surface area contributed by atoms with Gasteiger partial charge in [-0.25, -0.2) is 18.4 Å². The minimum absolute atomic E-state index is 0.113. The number of benzene rings is 1. The fourth-order valence-electron chi connectivity index (χ4n) is 1.04. The maximum atomic E-state index is 11.1. The van der Waals surface area contributed by atoms with E-state index in [4.69, 9.17) is 10.2 Å². The molecule has 1 rings (SSSR count). The zero-order valence-corrected chi connectivity index (χ0v) is 9.61. The van der Waals surface area contributed by atoms with Crippen molar-refractivity contribution in [3.63, 3.8) is 0 Å². The van der Waals surface area contributed by atoms with Crippen molar-refractivity contribution in [2.75, 3.05) is 18.5 Å². The van der Waals surface area contributed by atoms with Gasteiger partial charge in [-0.15, -0.1) is 0 Å². The molecule has 1 aromatic rings. The molecule has 0 heterocycles. The minimum atomic E-state index is -3.81. The Morgan fingerprint density at radius 2 is 2.18 bits per heavy atom.